The van der Waals surface area contributed by atoms with Crippen LogP contribution in [0.4, 0.5) is 11.6 Å². The molecule has 2 amide bonds. The highest BCUT2D eigenvalue weighted by molar-refractivity contribution is 7.88. The fourth-order valence-corrected chi connectivity index (χ4v) is 6.44. The smallest absolute Gasteiger partial charge is 0.324 e. The fourth-order valence-electron chi connectivity index (χ4n) is 5.11. The highest BCUT2D eigenvalue weighted by atomic mass is 32.2. The SMILES string of the molecule is O=C(CC1Oc2ccc(C[C@H](NS(=O)(=O)Cc3ccccc3)C(=O)OCc3ccccc3)cc2NC1=O)Nc1nc2ccccc2[nH]1. The molecule has 240 valence electrons. The number of nitrogens with one attached hydrogen (secondary N) is 4. The number of aromatic amines is 1. The van der Waals surface area contributed by atoms with E-state index in [1.165, 1.54) is 0 Å². The highest BCUT2D eigenvalue weighted by Gasteiger charge is 2.31. The van der Waals surface area contributed by atoms with Gasteiger partial charge in [-0.3, -0.25) is 19.7 Å². The van der Waals surface area contributed by atoms with Crippen molar-refractivity contribution in [2.45, 2.75) is 37.3 Å². The number of amides is 2. The van der Waals surface area contributed by atoms with Gasteiger partial charge in [0.25, 0.3) is 5.91 Å². The molecule has 6 rings (SSSR count). The van der Waals surface area contributed by atoms with Gasteiger partial charge in [-0.2, -0.15) is 0 Å². The molecule has 4 N–H and O–H groups in total. The minimum atomic E-state index is -3.95. The van der Waals surface area contributed by atoms with E-state index in [4.69, 9.17) is 9.47 Å². The van der Waals surface area contributed by atoms with E-state index in [1.807, 2.05) is 36.4 Å². The zero-order chi connectivity index (χ0) is 32.8. The van der Waals surface area contributed by atoms with Crippen molar-refractivity contribution >= 4 is 50.5 Å². The van der Waals surface area contributed by atoms with Crippen LogP contribution < -0.4 is 20.1 Å². The van der Waals surface area contributed by atoms with E-state index in [9.17, 15) is 22.8 Å². The second kappa shape index (κ2) is 13.8. The molecule has 0 radical (unpaired) electrons. The molecule has 1 aliphatic rings. The Morgan fingerprint density at radius 1 is 0.894 bits per heavy atom. The first-order valence-electron chi connectivity index (χ1n) is 14.8. The maximum atomic E-state index is 13.2. The number of hydrogen-bond acceptors (Lipinski definition) is 8. The Kier molecular flexibility index (Phi) is 9.27. The summed E-state index contributed by atoms with van der Waals surface area (Å²) < 4.78 is 40.1. The monoisotopic (exact) mass is 653 g/mol. The van der Waals surface area contributed by atoms with Crippen LogP contribution in [0.15, 0.2) is 103 Å². The number of carbonyl (C=O) groups excluding carboxylic acids is 3. The van der Waals surface area contributed by atoms with Crippen molar-refractivity contribution in [3.63, 3.8) is 0 Å². The molecule has 13 heteroatoms. The molecule has 5 aromatic rings. The summed E-state index contributed by atoms with van der Waals surface area (Å²) in [5.41, 5.74) is 3.62. The Bertz CT molecular complexity index is 1980. The summed E-state index contributed by atoms with van der Waals surface area (Å²) >= 11 is 0. The van der Waals surface area contributed by atoms with Gasteiger partial charge in [-0.1, -0.05) is 78.9 Å². The molecule has 0 saturated heterocycles. The van der Waals surface area contributed by atoms with Crippen LogP contribution in [-0.2, 0) is 47.9 Å². The number of carbonyl (C=O) groups is 3. The largest absolute Gasteiger partial charge is 0.478 e. The van der Waals surface area contributed by atoms with Crippen molar-refractivity contribution in [1.82, 2.24) is 14.7 Å². The normalized spacial score (nSPS) is 14.8. The number of anilines is 2. The van der Waals surface area contributed by atoms with Gasteiger partial charge in [0, 0.05) is 0 Å². The minimum absolute atomic E-state index is 0.0318. The number of imidazole rings is 1. The van der Waals surface area contributed by atoms with Gasteiger partial charge in [0.15, 0.2) is 6.10 Å². The van der Waals surface area contributed by atoms with E-state index in [0.29, 0.717) is 28.1 Å². The number of aromatic nitrogens is 2. The minimum Gasteiger partial charge on any atom is -0.478 e. The topological polar surface area (TPSA) is 169 Å². The van der Waals surface area contributed by atoms with Gasteiger partial charge in [-0.25, -0.2) is 18.1 Å². The predicted octanol–water partition coefficient (Wildman–Crippen LogP) is 4.07. The summed E-state index contributed by atoms with van der Waals surface area (Å²) in [5, 5.41) is 5.40. The standard InChI is InChI=1S/C34H31N5O7S/c40-31(38-34-36-25-13-7-8-14-26(25)37-34)19-30-32(41)35-27-17-24(15-16-29(27)46-30)18-28(33(42)45-20-22-9-3-1-4-10-22)39-47(43,44)21-23-11-5-2-6-12-23/h1-17,28,30,39H,18-21H2,(H,35,41)(H2,36,37,38,40)/t28-,30?/m0/s1. The summed E-state index contributed by atoms with van der Waals surface area (Å²) in [6, 6.07) is 28.6. The molecule has 1 aliphatic heterocycles. The Balaban J connectivity index is 1.13. The molecule has 47 heavy (non-hydrogen) atoms. The number of H-pyrrole nitrogens is 1. The zero-order valence-electron chi connectivity index (χ0n) is 25.0. The van der Waals surface area contributed by atoms with Crippen LogP contribution in [0.3, 0.4) is 0 Å². The molecule has 0 fully saturated rings. The summed E-state index contributed by atoms with van der Waals surface area (Å²) in [6.07, 6.45) is -1.42. The van der Waals surface area contributed by atoms with Gasteiger partial charge in [0.2, 0.25) is 21.9 Å². The van der Waals surface area contributed by atoms with Gasteiger partial charge in [-0.15, -0.1) is 0 Å². The van der Waals surface area contributed by atoms with Crippen LogP contribution in [0.2, 0.25) is 0 Å². The first-order valence-corrected chi connectivity index (χ1v) is 16.5. The predicted molar refractivity (Wildman–Crippen MR) is 175 cm³/mol. The molecule has 2 atom stereocenters. The number of rotatable bonds is 12. The number of nitrogens with zero attached hydrogens (tertiary/aromatic N) is 1. The van der Waals surface area contributed by atoms with Gasteiger partial charge in [0.1, 0.15) is 18.4 Å². The number of sulfonamides is 1. The van der Waals surface area contributed by atoms with Gasteiger partial charge < -0.3 is 19.8 Å². The molecule has 12 nitrogen and oxygen atoms in total. The maximum absolute atomic E-state index is 13.2. The molecule has 0 spiro atoms. The maximum Gasteiger partial charge on any atom is 0.324 e. The molecule has 0 saturated carbocycles. The number of para-hydroxylation sites is 2. The Morgan fingerprint density at radius 2 is 1.60 bits per heavy atom. The molecule has 0 bridgehead atoms. The molecule has 4 aromatic carbocycles. The van der Waals surface area contributed by atoms with Crippen molar-refractivity contribution in [3.05, 3.63) is 120 Å². The van der Waals surface area contributed by atoms with Crippen LogP contribution in [-0.4, -0.2) is 48.3 Å². The van der Waals surface area contributed by atoms with E-state index in [0.717, 1.165) is 11.1 Å². The Morgan fingerprint density at radius 3 is 2.34 bits per heavy atom. The van der Waals surface area contributed by atoms with Crippen molar-refractivity contribution in [3.8, 4) is 5.75 Å². The van der Waals surface area contributed by atoms with E-state index in [1.54, 1.807) is 66.7 Å². The molecule has 1 unspecified atom stereocenters. The fraction of sp³-hybridized carbons (Fsp3) is 0.176. The zero-order valence-corrected chi connectivity index (χ0v) is 25.8. The molecule has 1 aromatic heterocycles. The summed E-state index contributed by atoms with van der Waals surface area (Å²) in [5.74, 6) is -1.49. The number of hydrogen-bond donors (Lipinski definition) is 4. The van der Waals surface area contributed by atoms with Crippen LogP contribution in [0.5, 0.6) is 5.75 Å². The van der Waals surface area contributed by atoms with E-state index in [2.05, 4.69) is 25.3 Å². The lowest BCUT2D eigenvalue weighted by atomic mass is 10.0. The quantitative estimate of drug-likeness (QED) is 0.146. The second-order valence-electron chi connectivity index (χ2n) is 11.0. The average Bonchev–Trinajstić information content (AvgIpc) is 3.46. The first-order chi connectivity index (χ1) is 22.7. The van der Waals surface area contributed by atoms with Gasteiger partial charge >= 0.3 is 5.97 Å². The van der Waals surface area contributed by atoms with Gasteiger partial charge in [0.05, 0.1) is 28.9 Å². The van der Waals surface area contributed by atoms with Crippen molar-refractivity contribution < 1.29 is 32.3 Å². The lowest BCUT2D eigenvalue weighted by molar-refractivity contribution is -0.147. The number of ether oxygens (including phenoxy) is 2. The van der Waals surface area contributed by atoms with Crippen LogP contribution >= 0.6 is 0 Å². The average molecular weight is 654 g/mol. The lowest BCUT2D eigenvalue weighted by Crippen LogP contribution is -2.43. The Labute approximate surface area is 270 Å². The van der Waals surface area contributed by atoms with Gasteiger partial charge in [-0.05, 0) is 47.4 Å². The van der Waals surface area contributed by atoms with Crippen LogP contribution in [0, 0.1) is 0 Å². The molecular formula is C34H31N5O7S. The second-order valence-corrected chi connectivity index (χ2v) is 12.7. The van der Waals surface area contributed by atoms with Crippen molar-refractivity contribution in [2.75, 3.05) is 10.6 Å². The third kappa shape index (κ3) is 8.20. The Hall–Kier alpha value is -5.53. The molecular weight excluding hydrogens is 622 g/mol. The highest BCUT2D eigenvalue weighted by Crippen LogP contribution is 2.32. The third-order valence-electron chi connectivity index (χ3n) is 7.35. The van der Waals surface area contributed by atoms with E-state index >= 15 is 0 Å². The number of benzene rings is 4. The summed E-state index contributed by atoms with van der Waals surface area (Å²) in [4.78, 5) is 46.1. The number of esters is 1. The van der Waals surface area contributed by atoms with Crippen LogP contribution in [0.1, 0.15) is 23.1 Å². The van der Waals surface area contributed by atoms with Crippen molar-refractivity contribution in [2.24, 2.45) is 0 Å². The summed E-state index contributed by atoms with van der Waals surface area (Å²) in [6.45, 7) is -0.0318. The summed E-state index contributed by atoms with van der Waals surface area (Å²) in [7, 11) is -3.95. The lowest BCUT2D eigenvalue weighted by Gasteiger charge is -2.26. The molecule has 0 aliphatic carbocycles. The number of fused-ring (bicyclic) bond motifs is 2. The molecule has 2 heterocycles. The van der Waals surface area contributed by atoms with Crippen molar-refractivity contribution in [1.29, 1.82) is 0 Å². The third-order valence-corrected chi connectivity index (χ3v) is 8.71. The van der Waals surface area contributed by atoms with E-state index in [-0.39, 0.29) is 31.1 Å². The van der Waals surface area contributed by atoms with E-state index < -0.39 is 40.0 Å². The first kappa shape index (κ1) is 31.5. The van der Waals surface area contributed by atoms with Crippen LogP contribution in [0.25, 0.3) is 11.0 Å².